The highest BCUT2D eigenvalue weighted by Crippen LogP contribution is 2.25. The third-order valence-electron chi connectivity index (χ3n) is 6.37. The number of amides is 2. The van der Waals surface area contributed by atoms with Gasteiger partial charge in [-0.25, -0.2) is 14.2 Å². The molecule has 5 rings (SSSR count). The van der Waals surface area contributed by atoms with Crippen molar-refractivity contribution < 1.29 is 22.4 Å². The second-order valence-electron chi connectivity index (χ2n) is 9.12. The topological polar surface area (TPSA) is 83.0 Å². The van der Waals surface area contributed by atoms with Crippen LogP contribution in [0.25, 0.3) is 17.1 Å². The fourth-order valence-electron chi connectivity index (χ4n) is 4.36. The molecule has 0 bridgehead atoms. The molecule has 0 N–H and O–H groups in total. The van der Waals surface area contributed by atoms with Gasteiger partial charge in [-0.3, -0.25) is 9.80 Å². The number of imidazole rings is 1. The first-order valence-corrected chi connectivity index (χ1v) is 11.9. The Bertz CT molecular complexity index is 1400. The van der Waals surface area contributed by atoms with Crippen molar-refractivity contribution in [1.82, 2.24) is 29.4 Å². The number of piperazine rings is 1. The molecular weight excluding hydrogens is 487 g/mol. The Labute approximate surface area is 211 Å². The summed E-state index contributed by atoms with van der Waals surface area (Å²) in [5, 5.41) is 7.04. The molecule has 1 fully saturated rings. The predicted molar refractivity (Wildman–Crippen MR) is 130 cm³/mol. The summed E-state index contributed by atoms with van der Waals surface area (Å²) in [5.41, 5.74) is 1.93. The summed E-state index contributed by atoms with van der Waals surface area (Å²) in [6, 6.07) is 9.36. The summed E-state index contributed by atoms with van der Waals surface area (Å²) < 4.78 is 46.5. The first-order valence-electron chi connectivity index (χ1n) is 11.9. The van der Waals surface area contributed by atoms with Crippen molar-refractivity contribution >= 4 is 17.4 Å². The molecule has 1 saturated heterocycles. The van der Waals surface area contributed by atoms with Crippen molar-refractivity contribution in [3.05, 3.63) is 66.2 Å². The first-order chi connectivity index (χ1) is 17.8. The Kier molecular flexibility index (Phi) is 6.83. The van der Waals surface area contributed by atoms with Gasteiger partial charge >= 0.3 is 12.5 Å². The minimum atomic E-state index is -2.86. The smallest absolute Gasteiger partial charge is 0.324 e. The van der Waals surface area contributed by atoms with Crippen LogP contribution >= 0.6 is 0 Å². The number of alkyl halides is 2. The molecule has 0 aliphatic carbocycles. The van der Waals surface area contributed by atoms with Crippen molar-refractivity contribution in [1.29, 1.82) is 0 Å². The number of urea groups is 1. The van der Waals surface area contributed by atoms with Crippen LogP contribution in [-0.4, -0.2) is 67.6 Å². The van der Waals surface area contributed by atoms with Gasteiger partial charge in [0.2, 0.25) is 5.89 Å². The van der Waals surface area contributed by atoms with Gasteiger partial charge in [0.15, 0.2) is 0 Å². The average molecular weight is 514 g/mol. The Balaban J connectivity index is 1.41. The van der Waals surface area contributed by atoms with Crippen molar-refractivity contribution in [3.63, 3.8) is 0 Å². The predicted octanol–water partition coefficient (Wildman–Crippen LogP) is 4.61. The molecule has 2 amide bonds. The van der Waals surface area contributed by atoms with Crippen LogP contribution in [0.15, 0.2) is 53.2 Å². The second kappa shape index (κ2) is 10.2. The van der Waals surface area contributed by atoms with Crippen molar-refractivity contribution in [2.45, 2.75) is 32.9 Å². The number of fused-ring (bicyclic) bond motifs is 1. The molecule has 1 aliphatic heterocycles. The van der Waals surface area contributed by atoms with Crippen molar-refractivity contribution in [2.75, 3.05) is 31.1 Å². The summed E-state index contributed by atoms with van der Waals surface area (Å²) in [7, 11) is 0. The minimum absolute atomic E-state index is 0.0422. The summed E-state index contributed by atoms with van der Waals surface area (Å²) in [6.45, 7) is 7.04. The molecule has 0 spiro atoms. The van der Waals surface area contributed by atoms with Crippen molar-refractivity contribution in [2.24, 2.45) is 0 Å². The van der Waals surface area contributed by atoms with E-state index in [1.165, 1.54) is 17.0 Å². The van der Waals surface area contributed by atoms with Crippen LogP contribution in [0.1, 0.15) is 31.9 Å². The van der Waals surface area contributed by atoms with Crippen LogP contribution < -0.4 is 4.90 Å². The number of hydrogen-bond donors (Lipinski definition) is 0. The SMILES string of the molecule is CC(C)N1CCN(C(=O)N(Cc2cn3ccc(-c4nnc(C(F)F)o4)cc3n2)c2cccc(F)c2)CC1. The molecule has 0 saturated carbocycles. The highest BCUT2D eigenvalue weighted by Gasteiger charge is 2.28. The lowest BCUT2D eigenvalue weighted by Crippen LogP contribution is -2.54. The summed E-state index contributed by atoms with van der Waals surface area (Å²) >= 11 is 0. The van der Waals surface area contributed by atoms with E-state index in [1.54, 1.807) is 46.0 Å². The lowest BCUT2D eigenvalue weighted by Gasteiger charge is -2.39. The molecule has 4 aromatic rings. The number of anilines is 1. The Morgan fingerprint density at radius 1 is 1.11 bits per heavy atom. The van der Waals surface area contributed by atoms with Gasteiger partial charge in [0.1, 0.15) is 11.5 Å². The number of nitrogens with zero attached hydrogens (tertiary/aromatic N) is 7. The maximum Gasteiger partial charge on any atom is 0.324 e. The zero-order valence-electron chi connectivity index (χ0n) is 20.4. The molecule has 194 valence electrons. The third-order valence-corrected chi connectivity index (χ3v) is 6.37. The van der Waals surface area contributed by atoms with Crippen LogP contribution in [0, 0.1) is 5.82 Å². The zero-order valence-corrected chi connectivity index (χ0v) is 20.4. The van der Waals surface area contributed by atoms with Gasteiger partial charge in [0.25, 0.3) is 5.89 Å². The van der Waals surface area contributed by atoms with E-state index in [4.69, 9.17) is 4.42 Å². The van der Waals surface area contributed by atoms with Crippen LogP contribution in [0.5, 0.6) is 0 Å². The highest BCUT2D eigenvalue weighted by atomic mass is 19.3. The van der Waals surface area contributed by atoms with Gasteiger partial charge < -0.3 is 13.7 Å². The fraction of sp³-hybridized carbons (Fsp3) is 0.360. The zero-order chi connectivity index (χ0) is 26.1. The number of pyridine rings is 1. The molecule has 0 atom stereocenters. The molecule has 1 aliphatic rings. The van der Waals surface area contributed by atoms with Crippen LogP contribution in [0.4, 0.5) is 23.7 Å². The summed E-state index contributed by atoms with van der Waals surface area (Å²) in [4.78, 5) is 23.8. The fourth-order valence-corrected chi connectivity index (χ4v) is 4.36. The Morgan fingerprint density at radius 2 is 1.89 bits per heavy atom. The summed E-state index contributed by atoms with van der Waals surface area (Å²) in [5.74, 6) is -1.24. The van der Waals surface area contributed by atoms with Gasteiger partial charge in [0.05, 0.1) is 12.2 Å². The quantitative estimate of drug-likeness (QED) is 0.374. The van der Waals surface area contributed by atoms with Gasteiger partial charge in [-0.15, -0.1) is 10.2 Å². The first kappa shape index (κ1) is 24.8. The normalized spacial score (nSPS) is 14.7. The van der Waals surface area contributed by atoms with Crippen molar-refractivity contribution in [3.8, 4) is 11.5 Å². The molecule has 0 radical (unpaired) electrons. The lowest BCUT2D eigenvalue weighted by molar-refractivity contribution is 0.116. The van der Waals surface area contributed by atoms with Gasteiger partial charge in [-0.05, 0) is 44.2 Å². The minimum Gasteiger partial charge on any atom is -0.415 e. The van der Waals surface area contributed by atoms with E-state index in [0.717, 1.165) is 13.1 Å². The number of aromatic nitrogens is 4. The standard InChI is InChI=1S/C25H26F3N7O2/c1-16(2)32-8-10-33(11-9-32)25(36)35(20-5-3-4-18(26)13-20)15-19-14-34-7-6-17(12-21(34)29-19)23-30-31-24(37-23)22(27)28/h3-7,12-14,16,22H,8-11,15H2,1-2H3. The van der Waals surface area contributed by atoms with Crippen LogP contribution in [-0.2, 0) is 6.54 Å². The number of hydrogen-bond acceptors (Lipinski definition) is 6. The maximum atomic E-state index is 14.1. The largest absolute Gasteiger partial charge is 0.415 e. The van der Waals surface area contributed by atoms with E-state index < -0.39 is 18.1 Å². The molecule has 3 aromatic heterocycles. The molecule has 9 nitrogen and oxygen atoms in total. The second-order valence-corrected chi connectivity index (χ2v) is 9.12. The molecule has 1 aromatic carbocycles. The molecule has 0 unspecified atom stereocenters. The highest BCUT2D eigenvalue weighted by molar-refractivity contribution is 5.92. The van der Waals surface area contributed by atoms with Crippen LogP contribution in [0.2, 0.25) is 0 Å². The number of carbonyl (C=O) groups is 1. The third kappa shape index (κ3) is 5.29. The lowest BCUT2D eigenvalue weighted by atomic mass is 10.2. The van der Waals surface area contributed by atoms with Gasteiger partial charge in [-0.1, -0.05) is 6.07 Å². The summed E-state index contributed by atoms with van der Waals surface area (Å²) in [6.07, 6.45) is 0.587. The van der Waals surface area contributed by atoms with E-state index in [1.807, 2.05) is 0 Å². The monoisotopic (exact) mass is 513 g/mol. The van der Waals surface area contributed by atoms with Gasteiger partial charge in [-0.2, -0.15) is 8.78 Å². The average Bonchev–Trinajstić information content (AvgIpc) is 3.54. The van der Waals surface area contributed by atoms with Crippen LogP contribution in [0.3, 0.4) is 0 Å². The molecule has 4 heterocycles. The van der Waals surface area contributed by atoms with Gasteiger partial charge in [0, 0.05) is 55.9 Å². The van der Waals surface area contributed by atoms with E-state index in [2.05, 4.69) is 33.9 Å². The number of benzene rings is 1. The van der Waals surface area contributed by atoms with E-state index >= 15 is 0 Å². The van der Waals surface area contributed by atoms with E-state index in [9.17, 15) is 18.0 Å². The number of halogens is 3. The molecule has 37 heavy (non-hydrogen) atoms. The molecule has 12 heteroatoms. The number of rotatable bonds is 6. The van der Waals surface area contributed by atoms with E-state index in [-0.39, 0.29) is 18.5 Å². The number of carbonyl (C=O) groups excluding carboxylic acids is 1. The molecular formula is C25H26F3N7O2. The maximum absolute atomic E-state index is 14.1. The Hall–Kier alpha value is -3.93. The Morgan fingerprint density at radius 3 is 2.57 bits per heavy atom. The van der Waals surface area contributed by atoms with E-state index in [0.29, 0.717) is 41.7 Å².